The van der Waals surface area contributed by atoms with E-state index in [0.717, 1.165) is 23.1 Å². The molecule has 2 amide bonds. The number of nitrogens with one attached hydrogen (secondary N) is 1. The molecule has 9 heteroatoms. The molecule has 1 aliphatic heterocycles. The lowest BCUT2D eigenvalue weighted by atomic mass is 10.1. The lowest BCUT2D eigenvalue weighted by Gasteiger charge is -2.31. The zero-order valence-electron chi connectivity index (χ0n) is 14.6. The molecular formula is C19H15F3N2O4. The van der Waals surface area contributed by atoms with E-state index in [4.69, 9.17) is 4.74 Å². The van der Waals surface area contributed by atoms with Crippen molar-refractivity contribution in [3.63, 3.8) is 0 Å². The number of benzene rings is 2. The summed E-state index contributed by atoms with van der Waals surface area (Å²) in [6.07, 6.45) is -5.83. The van der Waals surface area contributed by atoms with E-state index in [2.05, 4.69) is 5.32 Å². The zero-order valence-corrected chi connectivity index (χ0v) is 14.6. The maximum Gasteiger partial charge on any atom is 0.416 e. The van der Waals surface area contributed by atoms with Gasteiger partial charge in [-0.2, -0.15) is 13.2 Å². The van der Waals surface area contributed by atoms with Gasteiger partial charge in [0.15, 0.2) is 6.10 Å². The summed E-state index contributed by atoms with van der Waals surface area (Å²) in [7, 11) is 0. The number of nitrogens with zero attached hydrogens (tertiary/aromatic N) is 1. The smallest absolute Gasteiger partial charge is 0.416 e. The number of hydrogen-bond donors (Lipinski definition) is 1. The molecule has 2 aromatic rings. The molecule has 0 aliphatic carbocycles. The number of ether oxygens (including phenoxy) is 1. The number of alkyl halides is 3. The fourth-order valence-electron chi connectivity index (χ4n) is 2.74. The Kier molecular flexibility index (Phi) is 5.08. The second-order valence-corrected chi connectivity index (χ2v) is 6.12. The highest BCUT2D eigenvalue weighted by Crippen LogP contribution is 2.37. The third kappa shape index (κ3) is 3.98. The highest BCUT2D eigenvalue weighted by molar-refractivity contribution is 6.11. The van der Waals surface area contributed by atoms with Gasteiger partial charge in [-0.3, -0.25) is 14.5 Å². The summed E-state index contributed by atoms with van der Waals surface area (Å²) < 4.78 is 43.8. The minimum Gasteiger partial charge on any atom is -0.449 e. The van der Waals surface area contributed by atoms with Crippen molar-refractivity contribution in [2.24, 2.45) is 0 Å². The Bertz CT molecular complexity index is 929. The molecule has 146 valence electrons. The summed E-state index contributed by atoms with van der Waals surface area (Å²) in [6.45, 7) is 0.934. The second-order valence-electron chi connectivity index (χ2n) is 6.12. The summed E-state index contributed by atoms with van der Waals surface area (Å²) in [5.41, 5.74) is -0.751. The Hall–Kier alpha value is -3.36. The number of fused-ring (bicyclic) bond motifs is 1. The fourth-order valence-corrected chi connectivity index (χ4v) is 2.74. The molecule has 1 atom stereocenters. The Morgan fingerprint density at radius 2 is 1.82 bits per heavy atom. The lowest BCUT2D eigenvalue weighted by molar-refractivity contribution is -0.137. The van der Waals surface area contributed by atoms with Crippen LogP contribution in [0.25, 0.3) is 0 Å². The first kappa shape index (κ1) is 19.4. The SMILES string of the molecule is C[C@H](OC(=O)c1ccccc1)C(=O)N1CC(=O)Nc2cc(C(F)(F)F)ccc21. The van der Waals surface area contributed by atoms with Crippen molar-refractivity contribution in [3.8, 4) is 0 Å². The van der Waals surface area contributed by atoms with Crippen molar-refractivity contribution in [2.45, 2.75) is 19.2 Å². The van der Waals surface area contributed by atoms with Crippen LogP contribution in [0.5, 0.6) is 0 Å². The molecule has 6 nitrogen and oxygen atoms in total. The van der Waals surface area contributed by atoms with E-state index < -0.39 is 42.2 Å². The van der Waals surface area contributed by atoms with Gasteiger partial charge in [-0.25, -0.2) is 4.79 Å². The van der Waals surface area contributed by atoms with Gasteiger partial charge in [-0.15, -0.1) is 0 Å². The van der Waals surface area contributed by atoms with Gasteiger partial charge in [0.25, 0.3) is 5.91 Å². The van der Waals surface area contributed by atoms with Crippen LogP contribution in [0.4, 0.5) is 24.5 Å². The third-order valence-electron chi connectivity index (χ3n) is 4.10. The van der Waals surface area contributed by atoms with Gasteiger partial charge in [0.1, 0.15) is 6.54 Å². The molecule has 0 saturated carbocycles. The van der Waals surface area contributed by atoms with Crippen molar-refractivity contribution in [1.29, 1.82) is 0 Å². The number of halogens is 3. The van der Waals surface area contributed by atoms with Gasteiger partial charge in [-0.05, 0) is 37.3 Å². The number of rotatable bonds is 3. The minimum atomic E-state index is -4.59. The van der Waals surface area contributed by atoms with E-state index in [1.54, 1.807) is 18.2 Å². The number of anilines is 2. The van der Waals surface area contributed by atoms with Gasteiger partial charge in [0.2, 0.25) is 5.91 Å². The van der Waals surface area contributed by atoms with Gasteiger partial charge < -0.3 is 10.1 Å². The maximum absolute atomic E-state index is 12.9. The molecule has 2 aromatic carbocycles. The summed E-state index contributed by atoms with van der Waals surface area (Å²) in [5, 5.41) is 2.32. The molecule has 0 spiro atoms. The zero-order chi connectivity index (χ0) is 20.5. The van der Waals surface area contributed by atoms with Gasteiger partial charge in [0.05, 0.1) is 22.5 Å². The average molecular weight is 392 g/mol. The topological polar surface area (TPSA) is 75.7 Å². The van der Waals surface area contributed by atoms with Crippen LogP contribution in [-0.2, 0) is 20.5 Å². The molecule has 1 aliphatic rings. The molecule has 3 rings (SSSR count). The summed E-state index contributed by atoms with van der Waals surface area (Å²) in [5.74, 6) is -2.10. The molecule has 0 aromatic heterocycles. The van der Waals surface area contributed by atoms with E-state index in [-0.39, 0.29) is 16.9 Å². The van der Waals surface area contributed by atoms with Crippen LogP contribution in [0.2, 0.25) is 0 Å². The Labute approximate surface area is 157 Å². The van der Waals surface area contributed by atoms with Crippen LogP contribution in [0.1, 0.15) is 22.8 Å². The Morgan fingerprint density at radius 1 is 1.14 bits per heavy atom. The highest BCUT2D eigenvalue weighted by Gasteiger charge is 2.35. The van der Waals surface area contributed by atoms with E-state index in [0.29, 0.717) is 0 Å². The largest absolute Gasteiger partial charge is 0.449 e. The average Bonchev–Trinajstić information content (AvgIpc) is 2.66. The predicted octanol–water partition coefficient (Wildman–Crippen LogP) is 3.24. The van der Waals surface area contributed by atoms with Crippen molar-refractivity contribution in [3.05, 3.63) is 59.7 Å². The Morgan fingerprint density at radius 3 is 2.46 bits per heavy atom. The molecule has 0 fully saturated rings. The van der Waals surface area contributed by atoms with Crippen molar-refractivity contribution in [1.82, 2.24) is 0 Å². The monoisotopic (exact) mass is 392 g/mol. The van der Waals surface area contributed by atoms with E-state index >= 15 is 0 Å². The third-order valence-corrected chi connectivity index (χ3v) is 4.10. The van der Waals surface area contributed by atoms with Crippen LogP contribution in [-0.4, -0.2) is 30.4 Å². The van der Waals surface area contributed by atoms with Crippen LogP contribution in [0, 0.1) is 0 Å². The maximum atomic E-state index is 12.9. The molecular weight excluding hydrogens is 377 g/mol. The molecule has 0 radical (unpaired) electrons. The number of carbonyl (C=O) groups excluding carboxylic acids is 3. The molecule has 0 saturated heterocycles. The first-order valence-corrected chi connectivity index (χ1v) is 8.25. The van der Waals surface area contributed by atoms with Gasteiger partial charge >= 0.3 is 12.1 Å². The van der Waals surface area contributed by atoms with Gasteiger partial charge in [0, 0.05) is 0 Å². The summed E-state index contributed by atoms with van der Waals surface area (Å²) in [6, 6.07) is 10.7. The summed E-state index contributed by atoms with van der Waals surface area (Å²) in [4.78, 5) is 37.7. The van der Waals surface area contributed by atoms with Crippen molar-refractivity contribution >= 4 is 29.2 Å². The second kappa shape index (κ2) is 7.34. The quantitative estimate of drug-likeness (QED) is 0.814. The van der Waals surface area contributed by atoms with E-state index in [1.807, 2.05) is 0 Å². The lowest BCUT2D eigenvalue weighted by Crippen LogP contribution is -2.47. The minimum absolute atomic E-state index is 0.0974. The number of carbonyl (C=O) groups is 3. The normalized spacial score (nSPS) is 14.7. The summed E-state index contributed by atoms with van der Waals surface area (Å²) >= 11 is 0. The van der Waals surface area contributed by atoms with Crippen LogP contribution in [0.15, 0.2) is 48.5 Å². The van der Waals surface area contributed by atoms with E-state index in [9.17, 15) is 27.6 Å². The molecule has 1 heterocycles. The van der Waals surface area contributed by atoms with Crippen LogP contribution < -0.4 is 10.2 Å². The van der Waals surface area contributed by atoms with Crippen LogP contribution >= 0.6 is 0 Å². The number of amides is 2. The number of esters is 1. The first-order valence-electron chi connectivity index (χ1n) is 8.25. The molecule has 28 heavy (non-hydrogen) atoms. The predicted molar refractivity (Wildman–Crippen MR) is 93.7 cm³/mol. The van der Waals surface area contributed by atoms with Crippen LogP contribution in [0.3, 0.4) is 0 Å². The molecule has 0 bridgehead atoms. The first-order chi connectivity index (χ1) is 13.2. The standard InChI is InChI=1S/C19H15F3N2O4/c1-11(28-18(27)12-5-3-2-4-6-12)17(26)24-10-16(25)23-14-9-13(19(20,21)22)7-8-15(14)24/h2-9,11H,10H2,1H3,(H,23,25)/t11-/m0/s1. The van der Waals surface area contributed by atoms with E-state index in [1.165, 1.54) is 19.1 Å². The Balaban J connectivity index is 1.82. The highest BCUT2D eigenvalue weighted by atomic mass is 19.4. The molecule has 0 unspecified atom stereocenters. The fraction of sp³-hybridized carbons (Fsp3) is 0.211. The van der Waals surface area contributed by atoms with Gasteiger partial charge in [-0.1, -0.05) is 18.2 Å². The van der Waals surface area contributed by atoms with Crippen molar-refractivity contribution in [2.75, 3.05) is 16.8 Å². The van der Waals surface area contributed by atoms with Crippen molar-refractivity contribution < 1.29 is 32.3 Å². The number of hydrogen-bond acceptors (Lipinski definition) is 4. The molecule has 1 N–H and O–H groups in total.